The molecule has 0 saturated heterocycles. The topological polar surface area (TPSA) is 82.1 Å². The number of aryl methyl sites for hydroxylation is 1. The molecule has 0 amide bonds. The molecule has 0 aliphatic heterocycles. The molecule has 28 heavy (non-hydrogen) atoms. The van der Waals surface area contributed by atoms with Gasteiger partial charge in [-0.3, -0.25) is 4.79 Å². The first kappa shape index (κ1) is 21.5. The Morgan fingerprint density at radius 2 is 1.82 bits per heavy atom. The number of nitrogens with one attached hydrogen (secondary N) is 2. The van der Waals surface area contributed by atoms with E-state index in [4.69, 9.17) is 14.2 Å². The summed E-state index contributed by atoms with van der Waals surface area (Å²) in [6.45, 7) is 5.97. The van der Waals surface area contributed by atoms with Crippen LogP contribution >= 0.6 is 0 Å². The van der Waals surface area contributed by atoms with Crippen molar-refractivity contribution in [3.8, 4) is 11.5 Å². The summed E-state index contributed by atoms with van der Waals surface area (Å²) in [5.41, 5.74) is 3.07. The number of hydrogen-bond donors (Lipinski definition) is 2. The van der Waals surface area contributed by atoms with Gasteiger partial charge in [-0.15, -0.1) is 0 Å². The van der Waals surface area contributed by atoms with E-state index in [0.29, 0.717) is 40.6 Å². The first-order chi connectivity index (χ1) is 13.3. The predicted octanol–water partition coefficient (Wildman–Crippen LogP) is 1.72. The number of likely N-dealkylation sites (N-methyl/N-ethyl adjacent to an activating group) is 1. The van der Waals surface area contributed by atoms with Gasteiger partial charge in [0.15, 0.2) is 17.5 Å². The van der Waals surface area contributed by atoms with Crippen molar-refractivity contribution in [2.75, 3.05) is 28.4 Å². The first-order valence-corrected chi connectivity index (χ1v) is 9.10. The number of hydrogen-bond acceptors (Lipinski definition) is 5. The van der Waals surface area contributed by atoms with Gasteiger partial charge < -0.3 is 24.1 Å². The lowest BCUT2D eigenvalue weighted by Crippen LogP contribution is -3.12. The van der Waals surface area contributed by atoms with Crippen LogP contribution in [0.4, 0.5) is 0 Å². The molecule has 1 heterocycles. The van der Waals surface area contributed by atoms with Gasteiger partial charge >= 0.3 is 5.97 Å². The number of H-pyrrole nitrogens is 1. The summed E-state index contributed by atoms with van der Waals surface area (Å²) in [7, 11) is 6.48. The van der Waals surface area contributed by atoms with E-state index in [1.165, 1.54) is 7.11 Å². The minimum atomic E-state index is -0.445. The number of aromatic amines is 1. The van der Waals surface area contributed by atoms with Gasteiger partial charge in [-0.1, -0.05) is 6.07 Å². The molecule has 152 valence electrons. The van der Waals surface area contributed by atoms with Crippen molar-refractivity contribution in [2.45, 2.75) is 33.4 Å². The lowest BCUT2D eigenvalue weighted by Gasteiger charge is -2.22. The van der Waals surface area contributed by atoms with Crippen LogP contribution in [0, 0.1) is 13.8 Å². The molecule has 2 aromatic rings. The van der Waals surface area contributed by atoms with Gasteiger partial charge in [0.05, 0.1) is 45.2 Å². The van der Waals surface area contributed by atoms with Crippen LogP contribution in [0.1, 0.15) is 44.6 Å². The Labute approximate surface area is 165 Å². The van der Waals surface area contributed by atoms with E-state index in [9.17, 15) is 9.59 Å². The number of para-hydroxylation sites is 1. The highest BCUT2D eigenvalue weighted by molar-refractivity contribution is 6.03. The Morgan fingerprint density at radius 3 is 2.39 bits per heavy atom. The molecule has 0 aliphatic carbocycles. The highest BCUT2D eigenvalue weighted by Crippen LogP contribution is 2.30. The van der Waals surface area contributed by atoms with Crippen LogP contribution in [0.5, 0.6) is 11.5 Å². The Morgan fingerprint density at radius 1 is 1.14 bits per heavy atom. The van der Waals surface area contributed by atoms with Crippen LogP contribution in [0.25, 0.3) is 0 Å². The molecule has 1 aromatic carbocycles. The second-order valence-corrected chi connectivity index (χ2v) is 6.88. The Kier molecular flexibility index (Phi) is 6.85. The number of methoxy groups -OCH3 is 3. The second kappa shape index (κ2) is 8.93. The summed E-state index contributed by atoms with van der Waals surface area (Å²) in [6.07, 6.45) is 0. The van der Waals surface area contributed by atoms with Gasteiger partial charge in [0, 0.05) is 5.69 Å². The molecular weight excluding hydrogens is 360 g/mol. The minimum Gasteiger partial charge on any atom is -0.493 e. The molecule has 1 aromatic heterocycles. The number of ether oxygens (including phenoxy) is 3. The quantitative estimate of drug-likeness (QED) is 0.531. The number of benzene rings is 1. The highest BCUT2D eigenvalue weighted by atomic mass is 16.5. The van der Waals surface area contributed by atoms with Crippen molar-refractivity contribution in [2.24, 2.45) is 0 Å². The predicted molar refractivity (Wildman–Crippen MR) is 106 cm³/mol. The number of carbonyl (C=O) groups is 2. The number of Topliss-reactive ketones (excluding diaryl/α,β-unsaturated/α-hetero) is 1. The fraction of sp³-hybridized carbons (Fsp3) is 0.429. The van der Waals surface area contributed by atoms with Crippen molar-refractivity contribution in [3.05, 3.63) is 46.3 Å². The normalized spacial score (nSPS) is 13.0. The zero-order chi connectivity index (χ0) is 21.0. The first-order valence-electron chi connectivity index (χ1n) is 9.10. The maximum Gasteiger partial charge on any atom is 0.339 e. The maximum atomic E-state index is 13.1. The summed E-state index contributed by atoms with van der Waals surface area (Å²) >= 11 is 0. The number of esters is 1. The van der Waals surface area contributed by atoms with Crippen LogP contribution in [0.15, 0.2) is 18.2 Å². The van der Waals surface area contributed by atoms with Crippen molar-refractivity contribution < 1.29 is 28.7 Å². The molecule has 1 unspecified atom stereocenters. The molecule has 7 nitrogen and oxygen atoms in total. The fourth-order valence-corrected chi connectivity index (χ4v) is 3.39. The maximum absolute atomic E-state index is 13.1. The van der Waals surface area contributed by atoms with Crippen LogP contribution in [0.3, 0.4) is 0 Å². The average Bonchev–Trinajstić information content (AvgIpc) is 2.99. The molecule has 0 spiro atoms. The lowest BCUT2D eigenvalue weighted by molar-refractivity contribution is -0.907. The smallest absolute Gasteiger partial charge is 0.339 e. The molecule has 0 aliphatic rings. The standard InChI is InChI=1S/C21H28N2O5/c1-12-17(21(25)28-7)13(2)22-18(12)19(24)14(3)23(4)11-15-9-8-10-16(26-5)20(15)27-6/h8-10,14,22H,11H2,1-7H3/p+1/t14-/m1/s1. The zero-order valence-corrected chi connectivity index (χ0v) is 17.6. The second-order valence-electron chi connectivity index (χ2n) is 6.88. The van der Waals surface area contributed by atoms with E-state index in [1.54, 1.807) is 28.1 Å². The average molecular weight is 389 g/mol. The van der Waals surface area contributed by atoms with Crippen LogP contribution in [-0.4, -0.2) is 51.2 Å². The molecule has 7 heteroatoms. The minimum absolute atomic E-state index is 0.0601. The van der Waals surface area contributed by atoms with Gasteiger partial charge in [-0.2, -0.15) is 0 Å². The van der Waals surface area contributed by atoms with Crippen molar-refractivity contribution >= 4 is 11.8 Å². The van der Waals surface area contributed by atoms with Crippen molar-refractivity contribution in [3.63, 3.8) is 0 Å². The SMILES string of the molecule is COC(=O)c1c(C)[nH]c(C(=O)[C@@H](C)[NH+](C)Cc2cccc(OC)c2OC)c1C. The molecule has 0 radical (unpaired) electrons. The molecule has 0 bridgehead atoms. The number of quaternary nitrogens is 1. The Bertz CT molecular complexity index is 872. The summed E-state index contributed by atoms with van der Waals surface area (Å²) in [5.74, 6) is 0.823. The molecule has 0 saturated carbocycles. The van der Waals surface area contributed by atoms with E-state index in [2.05, 4.69) is 4.98 Å². The highest BCUT2D eigenvalue weighted by Gasteiger charge is 2.30. The number of carbonyl (C=O) groups excluding carboxylic acids is 2. The van der Waals surface area contributed by atoms with Gasteiger partial charge in [0.25, 0.3) is 0 Å². The number of ketones is 1. The van der Waals surface area contributed by atoms with E-state index in [0.717, 1.165) is 10.5 Å². The third-order valence-electron chi connectivity index (χ3n) is 5.16. The molecule has 2 N–H and O–H groups in total. The zero-order valence-electron chi connectivity index (χ0n) is 17.6. The van der Waals surface area contributed by atoms with Gasteiger partial charge in [-0.25, -0.2) is 4.79 Å². The molecule has 0 fully saturated rings. The molecule has 2 rings (SSSR count). The summed E-state index contributed by atoms with van der Waals surface area (Å²) < 4.78 is 15.7. The Balaban J connectivity index is 2.26. The molecule has 2 atom stereocenters. The number of aromatic nitrogens is 1. The van der Waals surface area contributed by atoms with Crippen molar-refractivity contribution in [1.82, 2.24) is 4.98 Å². The summed E-state index contributed by atoms with van der Waals surface area (Å²) in [4.78, 5) is 29.1. The monoisotopic (exact) mass is 389 g/mol. The summed E-state index contributed by atoms with van der Waals surface area (Å²) in [6, 6.07) is 5.36. The number of rotatable bonds is 8. The van der Waals surface area contributed by atoms with Crippen molar-refractivity contribution in [1.29, 1.82) is 0 Å². The third kappa shape index (κ3) is 4.04. The van der Waals surface area contributed by atoms with Gasteiger partial charge in [0.2, 0.25) is 5.78 Å². The summed E-state index contributed by atoms with van der Waals surface area (Å²) in [5, 5.41) is 0. The third-order valence-corrected chi connectivity index (χ3v) is 5.16. The largest absolute Gasteiger partial charge is 0.493 e. The lowest BCUT2D eigenvalue weighted by atomic mass is 10.0. The fourth-order valence-electron chi connectivity index (χ4n) is 3.39. The molecular formula is C21H29N2O5+. The van der Waals surface area contributed by atoms with Crippen LogP contribution in [-0.2, 0) is 11.3 Å². The van der Waals surface area contributed by atoms with Crippen LogP contribution in [0.2, 0.25) is 0 Å². The van der Waals surface area contributed by atoms with E-state index < -0.39 is 5.97 Å². The van der Waals surface area contributed by atoms with E-state index in [-0.39, 0.29) is 11.8 Å². The Hall–Kier alpha value is -2.80. The van der Waals surface area contributed by atoms with Gasteiger partial charge in [-0.05, 0) is 38.5 Å². The van der Waals surface area contributed by atoms with Gasteiger partial charge in [0.1, 0.15) is 6.54 Å². The van der Waals surface area contributed by atoms with E-state index in [1.807, 2.05) is 32.2 Å². The van der Waals surface area contributed by atoms with Crippen LogP contribution < -0.4 is 14.4 Å². The van der Waals surface area contributed by atoms with E-state index >= 15 is 0 Å².